The van der Waals surface area contributed by atoms with Crippen LogP contribution in [0.4, 0.5) is 4.79 Å². The zero-order chi connectivity index (χ0) is 19.4. The molecule has 8 heteroatoms. The third-order valence-electron chi connectivity index (χ3n) is 3.59. The number of benzene rings is 1. The first-order valence-electron chi connectivity index (χ1n) is 7.94. The van der Waals surface area contributed by atoms with Crippen LogP contribution in [0.1, 0.15) is 25.0 Å². The lowest BCUT2D eigenvalue weighted by Crippen LogP contribution is -2.35. The van der Waals surface area contributed by atoms with E-state index in [1.54, 1.807) is 39.2 Å². The standard InChI is InChI=1S/C18H21NO6S/c1-10(2)25-16(20)9-19-17(21)15(26-18(19)22)8-12-7-14(24-5)13(23-4)6-11(12)3/h6-8,10H,9H2,1-5H3. The summed E-state index contributed by atoms with van der Waals surface area (Å²) < 4.78 is 15.5. The Morgan fingerprint density at radius 1 is 1.19 bits per heavy atom. The molecule has 0 saturated carbocycles. The van der Waals surface area contributed by atoms with Crippen molar-refractivity contribution < 1.29 is 28.6 Å². The van der Waals surface area contributed by atoms with Crippen LogP contribution in [0.3, 0.4) is 0 Å². The summed E-state index contributed by atoms with van der Waals surface area (Å²) in [7, 11) is 3.06. The molecule has 0 unspecified atom stereocenters. The molecule has 1 aromatic rings. The van der Waals surface area contributed by atoms with E-state index in [1.165, 1.54) is 7.11 Å². The van der Waals surface area contributed by atoms with Crippen LogP contribution in [0.15, 0.2) is 17.0 Å². The van der Waals surface area contributed by atoms with Gasteiger partial charge in [-0.15, -0.1) is 0 Å². The van der Waals surface area contributed by atoms with Crippen molar-refractivity contribution in [3.8, 4) is 11.5 Å². The number of aryl methyl sites for hydroxylation is 1. The number of amides is 2. The molecular formula is C18H21NO6S. The van der Waals surface area contributed by atoms with Gasteiger partial charge < -0.3 is 14.2 Å². The maximum atomic E-state index is 12.5. The largest absolute Gasteiger partial charge is 0.493 e. The highest BCUT2D eigenvalue weighted by Crippen LogP contribution is 2.35. The van der Waals surface area contributed by atoms with Crippen molar-refractivity contribution in [3.63, 3.8) is 0 Å². The van der Waals surface area contributed by atoms with E-state index in [0.717, 1.165) is 27.8 Å². The first-order chi connectivity index (χ1) is 12.3. The van der Waals surface area contributed by atoms with Gasteiger partial charge in [0.2, 0.25) is 0 Å². The van der Waals surface area contributed by atoms with Crippen molar-refractivity contribution in [1.82, 2.24) is 4.90 Å². The predicted octanol–water partition coefficient (Wildman–Crippen LogP) is 3.00. The van der Waals surface area contributed by atoms with Crippen LogP contribution < -0.4 is 9.47 Å². The molecule has 26 heavy (non-hydrogen) atoms. The number of methoxy groups -OCH3 is 2. The summed E-state index contributed by atoms with van der Waals surface area (Å²) in [6.07, 6.45) is 1.29. The van der Waals surface area contributed by atoms with Crippen molar-refractivity contribution in [1.29, 1.82) is 0 Å². The van der Waals surface area contributed by atoms with Crippen LogP contribution in [0.2, 0.25) is 0 Å². The third kappa shape index (κ3) is 4.37. The fourth-order valence-electron chi connectivity index (χ4n) is 2.36. The van der Waals surface area contributed by atoms with Crippen LogP contribution in [-0.2, 0) is 14.3 Å². The zero-order valence-electron chi connectivity index (χ0n) is 15.3. The van der Waals surface area contributed by atoms with Gasteiger partial charge in [-0.05, 0) is 61.9 Å². The third-order valence-corrected chi connectivity index (χ3v) is 4.49. The number of nitrogens with zero attached hydrogens (tertiary/aromatic N) is 1. The summed E-state index contributed by atoms with van der Waals surface area (Å²) in [4.78, 5) is 37.4. The highest BCUT2D eigenvalue weighted by Gasteiger charge is 2.36. The second-order valence-electron chi connectivity index (χ2n) is 5.87. The van der Waals surface area contributed by atoms with Gasteiger partial charge >= 0.3 is 5.97 Å². The van der Waals surface area contributed by atoms with Crippen LogP contribution in [-0.4, -0.2) is 48.9 Å². The number of rotatable bonds is 6. The molecule has 0 aromatic heterocycles. The Kier molecular flexibility index (Phi) is 6.31. The molecular weight excluding hydrogens is 358 g/mol. The molecule has 1 heterocycles. The molecule has 7 nitrogen and oxygen atoms in total. The monoisotopic (exact) mass is 379 g/mol. The van der Waals surface area contributed by atoms with Crippen molar-refractivity contribution >= 4 is 35.0 Å². The Morgan fingerprint density at radius 3 is 2.38 bits per heavy atom. The van der Waals surface area contributed by atoms with Gasteiger partial charge in [0.05, 0.1) is 25.2 Å². The lowest BCUT2D eigenvalue weighted by Gasteiger charge is -2.13. The van der Waals surface area contributed by atoms with Crippen molar-refractivity contribution in [2.45, 2.75) is 26.9 Å². The second-order valence-corrected chi connectivity index (χ2v) is 6.86. The van der Waals surface area contributed by atoms with E-state index in [2.05, 4.69) is 0 Å². The van der Waals surface area contributed by atoms with E-state index in [-0.39, 0.29) is 11.0 Å². The van der Waals surface area contributed by atoms with Gasteiger partial charge in [0.25, 0.3) is 11.1 Å². The number of imide groups is 1. The summed E-state index contributed by atoms with van der Waals surface area (Å²) in [5.74, 6) is -0.0449. The average Bonchev–Trinajstić information content (AvgIpc) is 2.83. The molecule has 1 aliphatic heterocycles. The molecule has 0 atom stereocenters. The Hall–Kier alpha value is -2.48. The first-order valence-corrected chi connectivity index (χ1v) is 8.76. The minimum atomic E-state index is -0.620. The van der Waals surface area contributed by atoms with E-state index >= 15 is 0 Å². The number of hydrogen-bond acceptors (Lipinski definition) is 7. The first kappa shape index (κ1) is 19.8. The van der Waals surface area contributed by atoms with Gasteiger partial charge in [-0.2, -0.15) is 0 Å². The highest BCUT2D eigenvalue weighted by molar-refractivity contribution is 8.18. The number of carbonyl (C=O) groups is 3. The maximum Gasteiger partial charge on any atom is 0.326 e. The van der Waals surface area contributed by atoms with Gasteiger partial charge in [0.15, 0.2) is 11.5 Å². The smallest absolute Gasteiger partial charge is 0.326 e. The summed E-state index contributed by atoms with van der Waals surface area (Å²) in [5.41, 5.74) is 1.58. The summed E-state index contributed by atoms with van der Waals surface area (Å²) in [5, 5.41) is -0.500. The fraction of sp³-hybridized carbons (Fsp3) is 0.389. The molecule has 140 valence electrons. The molecule has 0 aliphatic carbocycles. The van der Waals surface area contributed by atoms with Crippen molar-refractivity contribution in [2.75, 3.05) is 20.8 Å². The average molecular weight is 379 g/mol. The number of carbonyl (C=O) groups excluding carboxylic acids is 3. The molecule has 2 rings (SSSR count). The van der Waals surface area contributed by atoms with Crippen molar-refractivity contribution in [3.05, 3.63) is 28.2 Å². The predicted molar refractivity (Wildman–Crippen MR) is 98.2 cm³/mol. The molecule has 0 spiro atoms. The number of hydrogen-bond donors (Lipinski definition) is 0. The van der Waals surface area contributed by atoms with Crippen LogP contribution >= 0.6 is 11.8 Å². The van der Waals surface area contributed by atoms with Gasteiger partial charge in [0, 0.05) is 0 Å². The van der Waals surface area contributed by atoms with Gasteiger partial charge in [-0.3, -0.25) is 19.3 Å². The fourth-order valence-corrected chi connectivity index (χ4v) is 3.19. The van der Waals surface area contributed by atoms with Crippen LogP contribution in [0, 0.1) is 6.92 Å². The molecule has 0 radical (unpaired) electrons. The zero-order valence-corrected chi connectivity index (χ0v) is 16.1. The SMILES string of the molecule is COc1cc(C)c(C=C2SC(=O)N(CC(=O)OC(C)C)C2=O)cc1OC. The number of esters is 1. The van der Waals surface area contributed by atoms with E-state index < -0.39 is 23.7 Å². The minimum Gasteiger partial charge on any atom is -0.493 e. The van der Waals surface area contributed by atoms with E-state index in [9.17, 15) is 14.4 Å². The van der Waals surface area contributed by atoms with Gasteiger partial charge in [-0.1, -0.05) is 0 Å². The summed E-state index contributed by atoms with van der Waals surface area (Å²) in [6, 6.07) is 3.52. The summed E-state index contributed by atoms with van der Waals surface area (Å²) in [6.45, 7) is 4.86. The van der Waals surface area contributed by atoms with Gasteiger partial charge in [-0.25, -0.2) is 0 Å². The minimum absolute atomic E-state index is 0.239. The quantitative estimate of drug-likeness (QED) is 0.555. The van der Waals surface area contributed by atoms with Gasteiger partial charge in [0.1, 0.15) is 6.54 Å². The van der Waals surface area contributed by atoms with E-state index in [1.807, 2.05) is 6.92 Å². The lowest BCUT2D eigenvalue weighted by molar-refractivity contribution is -0.149. The van der Waals surface area contributed by atoms with Crippen LogP contribution in [0.5, 0.6) is 11.5 Å². The number of thioether (sulfide) groups is 1. The Morgan fingerprint density at radius 2 is 1.81 bits per heavy atom. The molecule has 1 fully saturated rings. The Balaban J connectivity index is 2.26. The Labute approximate surface area is 156 Å². The number of ether oxygens (including phenoxy) is 3. The van der Waals surface area contributed by atoms with E-state index in [0.29, 0.717) is 11.5 Å². The molecule has 0 bridgehead atoms. The normalized spacial score (nSPS) is 15.8. The topological polar surface area (TPSA) is 82.1 Å². The van der Waals surface area contributed by atoms with Crippen LogP contribution in [0.25, 0.3) is 6.08 Å². The molecule has 1 saturated heterocycles. The highest BCUT2D eigenvalue weighted by atomic mass is 32.2. The molecule has 2 amide bonds. The lowest BCUT2D eigenvalue weighted by atomic mass is 10.1. The summed E-state index contributed by atoms with van der Waals surface area (Å²) >= 11 is 0.788. The van der Waals surface area contributed by atoms with E-state index in [4.69, 9.17) is 14.2 Å². The molecule has 1 aliphatic rings. The Bertz CT molecular complexity index is 771. The van der Waals surface area contributed by atoms with Crippen molar-refractivity contribution in [2.24, 2.45) is 0 Å². The maximum absolute atomic E-state index is 12.5. The molecule has 1 aromatic carbocycles. The molecule has 0 N–H and O–H groups in total. The second kappa shape index (κ2) is 8.27.